The van der Waals surface area contributed by atoms with Crippen molar-refractivity contribution in [3.8, 4) is 11.3 Å². The Morgan fingerprint density at radius 2 is 2.12 bits per heavy atom. The van der Waals surface area contributed by atoms with Gasteiger partial charge in [0.05, 0.1) is 5.69 Å². The summed E-state index contributed by atoms with van der Waals surface area (Å²) in [6.07, 6.45) is 2.92. The zero-order valence-corrected chi connectivity index (χ0v) is 14.8. The van der Waals surface area contributed by atoms with Gasteiger partial charge in [-0.25, -0.2) is 4.98 Å². The normalized spacial score (nSPS) is 15.6. The van der Waals surface area contributed by atoms with Crippen molar-refractivity contribution in [2.24, 2.45) is 5.92 Å². The Hall–Kier alpha value is -2.15. The van der Waals surface area contributed by atoms with E-state index in [9.17, 15) is 9.59 Å². The van der Waals surface area contributed by atoms with Gasteiger partial charge in [0, 0.05) is 16.9 Å². The molecule has 1 saturated carbocycles. The molecule has 3 rings (SSSR count). The third kappa shape index (κ3) is 3.51. The molecule has 1 aliphatic rings. The molecule has 2 aromatic heterocycles. The van der Waals surface area contributed by atoms with Gasteiger partial charge in [-0.1, -0.05) is 6.42 Å². The highest BCUT2D eigenvalue weighted by Gasteiger charge is 2.27. The van der Waals surface area contributed by atoms with E-state index in [1.165, 1.54) is 11.3 Å². The molecule has 0 radical (unpaired) electrons. The predicted molar refractivity (Wildman–Crippen MR) is 92.9 cm³/mol. The zero-order chi connectivity index (χ0) is 17.3. The lowest BCUT2D eigenvalue weighted by molar-refractivity contribution is -0.130. The number of anilines is 1. The van der Waals surface area contributed by atoms with Crippen LogP contribution in [0.3, 0.4) is 0 Å². The number of aromatic nitrogens is 1. The van der Waals surface area contributed by atoms with Crippen molar-refractivity contribution in [2.75, 3.05) is 5.32 Å². The molecule has 0 spiro atoms. The topological polar surface area (TPSA) is 84.2 Å². The Labute approximate surface area is 144 Å². The van der Waals surface area contributed by atoms with Gasteiger partial charge < -0.3 is 15.1 Å². The molecule has 7 heteroatoms. The summed E-state index contributed by atoms with van der Waals surface area (Å²) >= 11 is 1.35. The number of amides is 2. The average molecular weight is 347 g/mol. The molecule has 0 unspecified atom stereocenters. The maximum absolute atomic E-state index is 12.2. The van der Waals surface area contributed by atoms with E-state index in [4.69, 9.17) is 4.42 Å². The van der Waals surface area contributed by atoms with Gasteiger partial charge in [0.15, 0.2) is 5.13 Å². The molecule has 0 aromatic carbocycles. The van der Waals surface area contributed by atoms with Crippen molar-refractivity contribution in [2.45, 2.75) is 46.1 Å². The minimum Gasteiger partial charge on any atom is -0.466 e. The maximum atomic E-state index is 12.2. The number of thiazole rings is 1. The quantitative estimate of drug-likeness (QED) is 0.869. The molecule has 0 saturated heterocycles. The first kappa shape index (κ1) is 16.7. The van der Waals surface area contributed by atoms with Crippen molar-refractivity contribution in [3.05, 3.63) is 23.0 Å². The number of carbonyl (C=O) groups is 2. The third-order valence-electron chi connectivity index (χ3n) is 4.28. The second-order valence-electron chi connectivity index (χ2n) is 6.21. The minimum atomic E-state index is -0.580. The van der Waals surface area contributed by atoms with E-state index in [0.29, 0.717) is 5.13 Å². The highest BCUT2D eigenvalue weighted by atomic mass is 32.1. The zero-order valence-electron chi connectivity index (χ0n) is 14.0. The van der Waals surface area contributed by atoms with Crippen LogP contribution in [0.4, 0.5) is 5.13 Å². The Balaban J connectivity index is 1.60. The van der Waals surface area contributed by atoms with E-state index in [1.807, 2.05) is 25.3 Å². The number of nitrogens with zero attached hydrogens (tertiary/aromatic N) is 1. The van der Waals surface area contributed by atoms with Crippen LogP contribution in [-0.4, -0.2) is 22.8 Å². The molecule has 1 fully saturated rings. The van der Waals surface area contributed by atoms with Crippen LogP contribution in [0.1, 0.15) is 37.7 Å². The van der Waals surface area contributed by atoms with Crippen LogP contribution < -0.4 is 10.6 Å². The molecular formula is C17H21N3O3S. The third-order valence-corrected chi connectivity index (χ3v) is 5.04. The lowest BCUT2D eigenvalue weighted by Crippen LogP contribution is -2.45. The van der Waals surface area contributed by atoms with Crippen molar-refractivity contribution in [1.82, 2.24) is 10.3 Å². The number of rotatable bonds is 5. The summed E-state index contributed by atoms with van der Waals surface area (Å²) in [6, 6.07) is 1.35. The van der Waals surface area contributed by atoms with Crippen LogP contribution in [0.5, 0.6) is 0 Å². The number of hydrogen-bond donors (Lipinski definition) is 2. The summed E-state index contributed by atoms with van der Waals surface area (Å²) < 4.78 is 5.51. The monoisotopic (exact) mass is 347 g/mol. The van der Waals surface area contributed by atoms with Crippen molar-refractivity contribution < 1.29 is 14.0 Å². The Kier molecular flexibility index (Phi) is 4.71. The van der Waals surface area contributed by atoms with Crippen LogP contribution in [0, 0.1) is 19.8 Å². The molecule has 0 aliphatic heterocycles. The lowest BCUT2D eigenvalue weighted by atomic mass is 9.84. The predicted octanol–water partition coefficient (Wildman–Crippen LogP) is 3.26. The maximum Gasteiger partial charge on any atom is 0.248 e. The summed E-state index contributed by atoms with van der Waals surface area (Å²) in [5, 5.41) is 7.92. The molecule has 1 atom stereocenters. The Morgan fingerprint density at radius 3 is 2.71 bits per heavy atom. The van der Waals surface area contributed by atoms with Gasteiger partial charge in [0.2, 0.25) is 11.8 Å². The van der Waals surface area contributed by atoms with Gasteiger partial charge in [-0.2, -0.15) is 0 Å². The van der Waals surface area contributed by atoms with Crippen molar-refractivity contribution >= 4 is 28.3 Å². The highest BCUT2D eigenvalue weighted by molar-refractivity contribution is 7.14. The number of carbonyl (C=O) groups excluding carboxylic acids is 2. The van der Waals surface area contributed by atoms with E-state index in [-0.39, 0.29) is 17.7 Å². The summed E-state index contributed by atoms with van der Waals surface area (Å²) in [5.74, 6) is 1.40. The second kappa shape index (κ2) is 6.76. The van der Waals surface area contributed by atoms with Gasteiger partial charge in [0.1, 0.15) is 17.6 Å². The standard InChI is InChI=1S/C17H21N3O3S/c1-9-7-13(11(3)23-9)14-8-24-17(19-14)20-15(21)10(2)18-16(22)12-5-4-6-12/h7-8,10,12H,4-6H2,1-3H3,(H,18,22)(H,19,20,21)/t10-/m1/s1. The molecule has 1 aliphatic carbocycles. The second-order valence-corrected chi connectivity index (χ2v) is 7.07. The van der Waals surface area contributed by atoms with Crippen molar-refractivity contribution in [1.29, 1.82) is 0 Å². The molecule has 2 amide bonds. The van der Waals surface area contributed by atoms with Gasteiger partial charge >= 0.3 is 0 Å². The summed E-state index contributed by atoms with van der Waals surface area (Å²) in [6.45, 7) is 5.46. The SMILES string of the molecule is Cc1cc(-c2csc(NC(=O)[C@@H](C)NC(=O)C3CCC3)n2)c(C)o1. The van der Waals surface area contributed by atoms with E-state index < -0.39 is 6.04 Å². The van der Waals surface area contributed by atoms with Crippen LogP contribution in [0.15, 0.2) is 15.9 Å². The molecule has 2 aromatic rings. The molecule has 2 heterocycles. The molecule has 6 nitrogen and oxygen atoms in total. The van der Waals surface area contributed by atoms with E-state index in [1.54, 1.807) is 6.92 Å². The fraction of sp³-hybridized carbons (Fsp3) is 0.471. The van der Waals surface area contributed by atoms with Crippen molar-refractivity contribution in [3.63, 3.8) is 0 Å². The van der Waals surface area contributed by atoms with Crippen LogP contribution >= 0.6 is 11.3 Å². The molecule has 128 valence electrons. The largest absolute Gasteiger partial charge is 0.466 e. The van der Waals surface area contributed by atoms with Gasteiger partial charge in [-0.05, 0) is 39.7 Å². The first-order valence-electron chi connectivity index (χ1n) is 8.08. The fourth-order valence-corrected chi connectivity index (χ4v) is 3.33. The highest BCUT2D eigenvalue weighted by Crippen LogP contribution is 2.29. The van der Waals surface area contributed by atoms with Crippen LogP contribution in [-0.2, 0) is 9.59 Å². The smallest absolute Gasteiger partial charge is 0.248 e. The lowest BCUT2D eigenvalue weighted by Gasteiger charge is -2.25. The van der Waals surface area contributed by atoms with Crippen LogP contribution in [0.25, 0.3) is 11.3 Å². The van der Waals surface area contributed by atoms with Gasteiger partial charge in [0.25, 0.3) is 0 Å². The number of furan rings is 1. The number of hydrogen-bond acceptors (Lipinski definition) is 5. The fourth-order valence-electron chi connectivity index (χ4n) is 2.62. The number of aryl methyl sites for hydroxylation is 2. The van der Waals surface area contributed by atoms with E-state index in [0.717, 1.165) is 42.0 Å². The molecule has 24 heavy (non-hydrogen) atoms. The summed E-state index contributed by atoms with van der Waals surface area (Å²) in [7, 11) is 0. The van der Waals surface area contributed by atoms with Crippen LogP contribution in [0.2, 0.25) is 0 Å². The van der Waals surface area contributed by atoms with E-state index >= 15 is 0 Å². The minimum absolute atomic E-state index is 0.0341. The summed E-state index contributed by atoms with van der Waals surface area (Å²) in [5.41, 5.74) is 1.70. The van der Waals surface area contributed by atoms with Gasteiger partial charge in [-0.15, -0.1) is 11.3 Å². The molecule has 0 bridgehead atoms. The Morgan fingerprint density at radius 1 is 1.38 bits per heavy atom. The Bertz CT molecular complexity index is 761. The molecular weight excluding hydrogens is 326 g/mol. The number of nitrogens with one attached hydrogen (secondary N) is 2. The van der Waals surface area contributed by atoms with E-state index in [2.05, 4.69) is 15.6 Å². The average Bonchev–Trinajstić information content (AvgIpc) is 3.02. The first-order valence-corrected chi connectivity index (χ1v) is 8.96. The molecule has 2 N–H and O–H groups in total. The summed E-state index contributed by atoms with van der Waals surface area (Å²) in [4.78, 5) is 28.6. The van der Waals surface area contributed by atoms with Gasteiger partial charge in [-0.3, -0.25) is 9.59 Å². The first-order chi connectivity index (χ1) is 11.4.